The van der Waals surface area contributed by atoms with Crippen LogP contribution in [-0.4, -0.2) is 23.3 Å². The van der Waals surface area contributed by atoms with Gasteiger partial charge in [0.15, 0.2) is 6.54 Å². The molecule has 0 unspecified atom stereocenters. The van der Waals surface area contributed by atoms with Crippen molar-refractivity contribution in [2.24, 2.45) is 5.92 Å². The van der Waals surface area contributed by atoms with Gasteiger partial charge < -0.3 is 9.32 Å². The molecule has 1 N–H and O–H groups in total. The van der Waals surface area contributed by atoms with Gasteiger partial charge in [-0.3, -0.25) is 0 Å². The van der Waals surface area contributed by atoms with Gasteiger partial charge in [-0.05, 0) is 58.8 Å². The van der Waals surface area contributed by atoms with Crippen molar-refractivity contribution in [1.82, 2.24) is 10.2 Å². The summed E-state index contributed by atoms with van der Waals surface area (Å²) in [6, 6.07) is 18.8. The molecule has 4 rings (SSSR count). The van der Waals surface area contributed by atoms with Gasteiger partial charge in [0.05, 0.1) is 18.7 Å². The average Bonchev–Trinajstić information content (AvgIpc) is 3.13. The Labute approximate surface area is 162 Å². The van der Waals surface area contributed by atoms with Gasteiger partial charge >= 0.3 is 0 Å². The van der Waals surface area contributed by atoms with Crippen LogP contribution in [0.2, 0.25) is 0 Å². The third-order valence-electron chi connectivity index (χ3n) is 5.15. The van der Waals surface area contributed by atoms with E-state index in [1.807, 2.05) is 24.3 Å². The quantitative estimate of drug-likeness (QED) is 0.696. The lowest BCUT2D eigenvalue weighted by Crippen LogP contribution is -3.11. The van der Waals surface area contributed by atoms with Gasteiger partial charge in [0.25, 0.3) is 5.89 Å². The average molecular weight is 413 g/mol. The van der Waals surface area contributed by atoms with Crippen LogP contribution in [0.1, 0.15) is 24.3 Å². The van der Waals surface area contributed by atoms with Gasteiger partial charge in [0.2, 0.25) is 5.89 Å². The zero-order valence-corrected chi connectivity index (χ0v) is 16.3. The fourth-order valence-electron chi connectivity index (χ4n) is 3.70. The van der Waals surface area contributed by atoms with E-state index in [4.69, 9.17) is 4.42 Å². The number of likely N-dealkylation sites (tertiary alicyclic amines) is 1. The minimum absolute atomic E-state index is 0.589. The largest absolute Gasteiger partial charge is 0.415 e. The monoisotopic (exact) mass is 412 g/mol. The molecule has 0 aliphatic carbocycles. The highest BCUT2D eigenvalue weighted by molar-refractivity contribution is 9.10. The van der Waals surface area contributed by atoms with Crippen molar-refractivity contribution < 1.29 is 9.32 Å². The van der Waals surface area contributed by atoms with Crippen LogP contribution < -0.4 is 4.90 Å². The summed E-state index contributed by atoms with van der Waals surface area (Å²) in [5.41, 5.74) is 2.40. The Balaban J connectivity index is 1.32. The summed E-state index contributed by atoms with van der Waals surface area (Å²) in [4.78, 5) is 1.54. The molecule has 0 amide bonds. The van der Waals surface area contributed by atoms with E-state index in [1.54, 1.807) is 0 Å². The summed E-state index contributed by atoms with van der Waals surface area (Å²) in [6.07, 6.45) is 3.71. The second-order valence-corrected chi connectivity index (χ2v) is 7.90. The Morgan fingerprint density at radius 1 is 0.962 bits per heavy atom. The molecule has 1 fully saturated rings. The third-order valence-corrected chi connectivity index (χ3v) is 5.84. The summed E-state index contributed by atoms with van der Waals surface area (Å²) in [7, 11) is 0. The first kappa shape index (κ1) is 17.4. The third kappa shape index (κ3) is 4.22. The topological polar surface area (TPSA) is 43.4 Å². The summed E-state index contributed by atoms with van der Waals surface area (Å²) < 4.78 is 6.88. The Kier molecular flexibility index (Phi) is 5.46. The van der Waals surface area contributed by atoms with Crippen molar-refractivity contribution in [3.8, 4) is 11.5 Å². The predicted molar refractivity (Wildman–Crippen MR) is 105 cm³/mol. The molecule has 26 heavy (non-hydrogen) atoms. The molecular weight excluding hydrogens is 390 g/mol. The van der Waals surface area contributed by atoms with Gasteiger partial charge in [-0.1, -0.05) is 42.5 Å². The summed E-state index contributed by atoms with van der Waals surface area (Å²) in [5.74, 6) is 2.11. The maximum Gasteiger partial charge on any atom is 0.271 e. The standard InChI is InChI=1S/C21H22BrN3O/c22-19-9-5-4-8-18(19)21-24-23-20(26-21)15-25-12-10-17(11-13-25)14-16-6-2-1-3-7-16/h1-9,17H,10-15H2/p+1. The molecule has 0 radical (unpaired) electrons. The number of aromatic nitrogens is 2. The molecule has 0 saturated carbocycles. The van der Waals surface area contributed by atoms with Gasteiger partial charge in [0, 0.05) is 4.47 Å². The van der Waals surface area contributed by atoms with Crippen LogP contribution in [0.15, 0.2) is 63.5 Å². The molecule has 2 aromatic carbocycles. The maximum atomic E-state index is 5.90. The Morgan fingerprint density at radius 2 is 1.69 bits per heavy atom. The molecule has 0 spiro atoms. The summed E-state index contributed by atoms with van der Waals surface area (Å²) in [6.45, 7) is 3.16. The molecule has 1 aliphatic heterocycles. The molecular formula is C21H23BrN3O+. The summed E-state index contributed by atoms with van der Waals surface area (Å²) in [5, 5.41) is 8.48. The van der Waals surface area contributed by atoms with Crippen molar-refractivity contribution in [3.63, 3.8) is 0 Å². The fraction of sp³-hybridized carbons (Fsp3) is 0.333. The van der Waals surface area contributed by atoms with Crippen LogP contribution in [0.25, 0.3) is 11.5 Å². The highest BCUT2D eigenvalue weighted by Gasteiger charge is 2.24. The molecule has 0 atom stereocenters. The van der Waals surface area contributed by atoms with Crippen LogP contribution in [0.3, 0.4) is 0 Å². The lowest BCUT2D eigenvalue weighted by Gasteiger charge is -2.28. The Bertz CT molecular complexity index is 841. The number of piperidine rings is 1. The first-order chi connectivity index (χ1) is 12.8. The number of hydrogen-bond acceptors (Lipinski definition) is 3. The van der Waals surface area contributed by atoms with E-state index < -0.39 is 0 Å². The fourth-order valence-corrected chi connectivity index (χ4v) is 4.15. The zero-order valence-electron chi connectivity index (χ0n) is 14.7. The second kappa shape index (κ2) is 8.14. The summed E-state index contributed by atoms with van der Waals surface area (Å²) >= 11 is 3.54. The minimum Gasteiger partial charge on any atom is -0.415 e. The van der Waals surface area contributed by atoms with Crippen LogP contribution in [0, 0.1) is 5.92 Å². The molecule has 1 aromatic heterocycles. The lowest BCUT2D eigenvalue weighted by molar-refractivity contribution is -0.921. The van der Waals surface area contributed by atoms with E-state index >= 15 is 0 Å². The first-order valence-corrected chi connectivity index (χ1v) is 10.0. The number of nitrogens with zero attached hydrogens (tertiary/aromatic N) is 2. The minimum atomic E-state index is 0.589. The van der Waals surface area contributed by atoms with Crippen LogP contribution in [0.4, 0.5) is 0 Å². The molecule has 0 bridgehead atoms. The zero-order chi connectivity index (χ0) is 17.8. The van der Waals surface area contributed by atoms with Crippen LogP contribution in [0.5, 0.6) is 0 Å². The molecule has 1 saturated heterocycles. The van der Waals surface area contributed by atoms with E-state index in [1.165, 1.54) is 42.8 Å². The second-order valence-electron chi connectivity index (χ2n) is 7.04. The van der Waals surface area contributed by atoms with E-state index in [0.29, 0.717) is 5.89 Å². The van der Waals surface area contributed by atoms with Crippen molar-refractivity contribution in [2.45, 2.75) is 25.8 Å². The van der Waals surface area contributed by atoms with Crippen LogP contribution >= 0.6 is 15.9 Å². The van der Waals surface area contributed by atoms with Crippen LogP contribution in [-0.2, 0) is 13.0 Å². The van der Waals surface area contributed by atoms with Crippen molar-refractivity contribution in [2.75, 3.05) is 13.1 Å². The maximum absolute atomic E-state index is 5.90. The Hall–Kier alpha value is -1.98. The lowest BCUT2D eigenvalue weighted by atomic mass is 9.90. The van der Waals surface area contributed by atoms with Crippen molar-refractivity contribution >= 4 is 15.9 Å². The SMILES string of the molecule is Brc1ccccc1-c1nnc(C[NH+]2CCC(Cc3ccccc3)CC2)o1. The van der Waals surface area contributed by atoms with Gasteiger partial charge in [-0.2, -0.15) is 0 Å². The van der Waals surface area contributed by atoms with E-state index in [0.717, 1.165) is 28.4 Å². The molecule has 4 nitrogen and oxygen atoms in total. The smallest absolute Gasteiger partial charge is 0.271 e. The number of nitrogens with one attached hydrogen (secondary N) is 1. The van der Waals surface area contributed by atoms with Gasteiger partial charge in [-0.15, -0.1) is 10.2 Å². The highest BCUT2D eigenvalue weighted by Crippen LogP contribution is 2.26. The number of hydrogen-bond donors (Lipinski definition) is 1. The molecule has 134 valence electrons. The van der Waals surface area contributed by atoms with E-state index in [9.17, 15) is 0 Å². The van der Waals surface area contributed by atoms with E-state index in [2.05, 4.69) is 56.5 Å². The van der Waals surface area contributed by atoms with Gasteiger partial charge in [0.1, 0.15) is 0 Å². The predicted octanol–water partition coefficient (Wildman–Crippen LogP) is 3.54. The first-order valence-electron chi connectivity index (χ1n) is 9.22. The number of rotatable bonds is 5. The van der Waals surface area contributed by atoms with E-state index in [-0.39, 0.29) is 0 Å². The molecule has 1 aliphatic rings. The Morgan fingerprint density at radius 3 is 2.46 bits per heavy atom. The highest BCUT2D eigenvalue weighted by atomic mass is 79.9. The molecule has 5 heteroatoms. The molecule has 3 aromatic rings. The number of halogens is 1. The van der Waals surface area contributed by atoms with Gasteiger partial charge in [-0.25, -0.2) is 0 Å². The van der Waals surface area contributed by atoms with Crippen molar-refractivity contribution in [1.29, 1.82) is 0 Å². The number of quaternary nitrogens is 1. The normalized spacial score (nSPS) is 20.2. The molecule has 2 heterocycles. The van der Waals surface area contributed by atoms with Crippen molar-refractivity contribution in [3.05, 3.63) is 70.5 Å². The number of benzene rings is 2.